The number of nitrogens with one attached hydrogen (secondary N) is 1. The van der Waals surface area contributed by atoms with Crippen LogP contribution in [-0.4, -0.2) is 25.5 Å². The van der Waals surface area contributed by atoms with E-state index in [-0.39, 0.29) is 0 Å². The highest BCUT2D eigenvalue weighted by Gasteiger charge is 2.06. The molecule has 94 valence electrons. The lowest BCUT2D eigenvalue weighted by atomic mass is 10.2. The average Bonchev–Trinajstić information content (AvgIpc) is 2.23. The smallest absolute Gasteiger partial charge is 0.261 e. The normalized spacial score (nSPS) is 10.6. The van der Waals surface area contributed by atoms with Gasteiger partial charge in [-0.25, -0.2) is 8.78 Å². The number of benzene rings is 1. The van der Waals surface area contributed by atoms with Crippen LogP contribution in [0.3, 0.4) is 0 Å². The molecule has 0 aliphatic carbocycles. The molecule has 0 heterocycles. The zero-order chi connectivity index (χ0) is 12.8. The van der Waals surface area contributed by atoms with Crippen molar-refractivity contribution in [1.29, 1.82) is 0 Å². The first-order valence-electron chi connectivity index (χ1n) is 5.01. The standard InChI is InChI=1S/C11H14F2N2O2/c1-7-2-3-8(4-9(7)14)15-11(16)6-17-5-10(12)13/h2-4,10H,5-6,14H2,1H3,(H,15,16). The Labute approximate surface area is 97.8 Å². The first kappa shape index (κ1) is 13.4. The van der Waals surface area contributed by atoms with Gasteiger partial charge in [-0.2, -0.15) is 0 Å². The molecule has 0 saturated heterocycles. The molecule has 1 aromatic rings. The van der Waals surface area contributed by atoms with Crippen molar-refractivity contribution < 1.29 is 18.3 Å². The van der Waals surface area contributed by atoms with E-state index in [0.29, 0.717) is 11.4 Å². The average molecular weight is 244 g/mol. The molecule has 0 aliphatic heterocycles. The highest BCUT2D eigenvalue weighted by Crippen LogP contribution is 2.16. The number of carbonyl (C=O) groups excluding carboxylic acids is 1. The molecule has 0 fully saturated rings. The number of nitrogen functional groups attached to an aromatic ring is 1. The zero-order valence-electron chi connectivity index (χ0n) is 9.37. The van der Waals surface area contributed by atoms with Gasteiger partial charge in [0, 0.05) is 11.4 Å². The highest BCUT2D eigenvalue weighted by atomic mass is 19.3. The summed E-state index contributed by atoms with van der Waals surface area (Å²) in [5, 5.41) is 2.49. The van der Waals surface area contributed by atoms with E-state index in [1.165, 1.54) is 0 Å². The molecule has 4 nitrogen and oxygen atoms in total. The number of alkyl halides is 2. The molecule has 17 heavy (non-hydrogen) atoms. The molecule has 3 N–H and O–H groups in total. The second kappa shape index (κ2) is 6.15. The number of hydrogen-bond donors (Lipinski definition) is 2. The Morgan fingerprint density at radius 2 is 2.24 bits per heavy atom. The predicted molar refractivity (Wildman–Crippen MR) is 61.0 cm³/mol. The number of rotatable bonds is 5. The Morgan fingerprint density at radius 1 is 1.53 bits per heavy atom. The Kier molecular flexibility index (Phi) is 4.84. The van der Waals surface area contributed by atoms with Crippen LogP contribution in [0, 0.1) is 6.92 Å². The zero-order valence-corrected chi connectivity index (χ0v) is 9.37. The van der Waals surface area contributed by atoms with E-state index in [2.05, 4.69) is 10.1 Å². The van der Waals surface area contributed by atoms with Crippen LogP contribution in [0.5, 0.6) is 0 Å². The third kappa shape index (κ3) is 4.78. The lowest BCUT2D eigenvalue weighted by Crippen LogP contribution is -2.20. The predicted octanol–water partition coefficient (Wildman–Crippen LogP) is 1.80. The van der Waals surface area contributed by atoms with E-state index in [4.69, 9.17) is 5.73 Å². The summed E-state index contributed by atoms with van der Waals surface area (Å²) < 4.78 is 28.0. The molecule has 0 atom stereocenters. The van der Waals surface area contributed by atoms with Crippen molar-refractivity contribution in [3.8, 4) is 0 Å². The quantitative estimate of drug-likeness (QED) is 0.776. The molecule has 1 amide bonds. The molecule has 0 spiro atoms. The van der Waals surface area contributed by atoms with Crippen LogP contribution in [0.15, 0.2) is 18.2 Å². The minimum Gasteiger partial charge on any atom is -0.398 e. The summed E-state index contributed by atoms with van der Waals surface area (Å²) in [6.07, 6.45) is -2.57. The van der Waals surface area contributed by atoms with Gasteiger partial charge < -0.3 is 15.8 Å². The Morgan fingerprint density at radius 3 is 2.82 bits per heavy atom. The van der Waals surface area contributed by atoms with E-state index in [0.717, 1.165) is 5.56 Å². The number of hydrogen-bond acceptors (Lipinski definition) is 3. The van der Waals surface area contributed by atoms with E-state index in [1.807, 2.05) is 6.92 Å². The van der Waals surface area contributed by atoms with Gasteiger partial charge in [-0.3, -0.25) is 4.79 Å². The molecule has 0 unspecified atom stereocenters. The van der Waals surface area contributed by atoms with Gasteiger partial charge in [-0.15, -0.1) is 0 Å². The lowest BCUT2D eigenvalue weighted by Gasteiger charge is -2.07. The van der Waals surface area contributed by atoms with Crippen LogP contribution in [0.1, 0.15) is 5.56 Å². The van der Waals surface area contributed by atoms with Gasteiger partial charge >= 0.3 is 0 Å². The van der Waals surface area contributed by atoms with Crippen molar-refractivity contribution in [2.75, 3.05) is 24.3 Å². The minimum absolute atomic E-state index is 0.405. The summed E-state index contributed by atoms with van der Waals surface area (Å²) in [7, 11) is 0. The third-order valence-electron chi connectivity index (χ3n) is 2.04. The summed E-state index contributed by atoms with van der Waals surface area (Å²) in [6.45, 7) is 0.689. The number of carbonyl (C=O) groups is 1. The number of amides is 1. The minimum atomic E-state index is -2.57. The van der Waals surface area contributed by atoms with Crippen LogP contribution in [0.2, 0.25) is 0 Å². The number of anilines is 2. The number of nitrogens with two attached hydrogens (primary N) is 1. The molecule has 0 aromatic heterocycles. The topological polar surface area (TPSA) is 64.3 Å². The van der Waals surface area contributed by atoms with Crippen molar-refractivity contribution in [3.05, 3.63) is 23.8 Å². The number of aryl methyl sites for hydroxylation is 1. The fraction of sp³-hybridized carbons (Fsp3) is 0.364. The van der Waals surface area contributed by atoms with Gasteiger partial charge in [-0.1, -0.05) is 6.07 Å². The first-order chi connectivity index (χ1) is 7.99. The van der Waals surface area contributed by atoms with Crippen LogP contribution < -0.4 is 11.1 Å². The summed E-state index contributed by atoms with van der Waals surface area (Å²) in [6, 6.07) is 5.03. The summed E-state index contributed by atoms with van der Waals surface area (Å²) in [5.41, 5.74) is 7.62. The van der Waals surface area contributed by atoms with Gasteiger partial charge in [0.15, 0.2) is 0 Å². The van der Waals surface area contributed by atoms with Crippen LogP contribution in [0.4, 0.5) is 20.2 Å². The molecule has 0 aliphatic rings. The maximum atomic E-state index is 11.7. The Hall–Kier alpha value is -1.69. The van der Waals surface area contributed by atoms with Gasteiger partial charge in [0.2, 0.25) is 5.91 Å². The van der Waals surface area contributed by atoms with Crippen molar-refractivity contribution in [3.63, 3.8) is 0 Å². The van der Waals surface area contributed by atoms with Crippen molar-refractivity contribution in [2.24, 2.45) is 0 Å². The van der Waals surface area contributed by atoms with Crippen molar-refractivity contribution in [1.82, 2.24) is 0 Å². The maximum Gasteiger partial charge on any atom is 0.261 e. The van der Waals surface area contributed by atoms with Crippen molar-refractivity contribution in [2.45, 2.75) is 13.3 Å². The van der Waals surface area contributed by atoms with E-state index in [9.17, 15) is 13.6 Å². The van der Waals surface area contributed by atoms with Gasteiger partial charge in [0.25, 0.3) is 6.43 Å². The fourth-order valence-electron chi connectivity index (χ4n) is 1.16. The number of halogens is 2. The van der Waals surface area contributed by atoms with Crippen LogP contribution >= 0.6 is 0 Å². The lowest BCUT2D eigenvalue weighted by molar-refractivity contribution is -0.121. The largest absolute Gasteiger partial charge is 0.398 e. The van der Waals surface area contributed by atoms with Crippen molar-refractivity contribution >= 4 is 17.3 Å². The highest BCUT2D eigenvalue weighted by molar-refractivity contribution is 5.92. The summed E-state index contributed by atoms with van der Waals surface area (Å²) in [4.78, 5) is 11.3. The second-order valence-corrected chi connectivity index (χ2v) is 3.53. The molecular formula is C11H14F2N2O2. The van der Waals surface area contributed by atoms with Gasteiger partial charge in [0.05, 0.1) is 0 Å². The molecule has 0 bridgehead atoms. The molecule has 0 saturated carbocycles. The van der Waals surface area contributed by atoms with Crippen LogP contribution in [0.25, 0.3) is 0 Å². The Balaban J connectivity index is 2.42. The molecule has 6 heteroatoms. The Bertz CT molecular complexity index is 397. The second-order valence-electron chi connectivity index (χ2n) is 3.53. The molecule has 1 aromatic carbocycles. The molecule has 0 radical (unpaired) electrons. The summed E-state index contributed by atoms with van der Waals surface area (Å²) in [5.74, 6) is -0.492. The summed E-state index contributed by atoms with van der Waals surface area (Å²) >= 11 is 0. The van der Waals surface area contributed by atoms with E-state index < -0.39 is 25.5 Å². The third-order valence-corrected chi connectivity index (χ3v) is 2.04. The SMILES string of the molecule is Cc1ccc(NC(=O)COCC(F)F)cc1N. The fourth-order valence-corrected chi connectivity index (χ4v) is 1.16. The molecular weight excluding hydrogens is 230 g/mol. The van der Waals surface area contributed by atoms with Gasteiger partial charge in [0.1, 0.15) is 13.2 Å². The van der Waals surface area contributed by atoms with Gasteiger partial charge in [-0.05, 0) is 24.6 Å². The van der Waals surface area contributed by atoms with E-state index >= 15 is 0 Å². The number of ether oxygens (including phenoxy) is 1. The monoisotopic (exact) mass is 244 g/mol. The van der Waals surface area contributed by atoms with Crippen LogP contribution in [-0.2, 0) is 9.53 Å². The first-order valence-corrected chi connectivity index (χ1v) is 5.01. The van der Waals surface area contributed by atoms with E-state index in [1.54, 1.807) is 18.2 Å². The maximum absolute atomic E-state index is 11.7. The molecule has 1 rings (SSSR count).